The summed E-state index contributed by atoms with van der Waals surface area (Å²) in [6.07, 6.45) is 3.81. The summed E-state index contributed by atoms with van der Waals surface area (Å²) in [7, 11) is 2.00. The lowest BCUT2D eigenvalue weighted by Gasteiger charge is -2.40. The zero-order chi connectivity index (χ0) is 12.3. The SMILES string of the molecule is CNCC1(c2ccccc2Br)CCC(O)CC1. The second-order valence-corrected chi connectivity index (χ2v) is 5.88. The van der Waals surface area contributed by atoms with E-state index in [0.717, 1.165) is 32.2 Å². The lowest BCUT2D eigenvalue weighted by atomic mass is 9.68. The maximum atomic E-state index is 9.69. The molecule has 0 aliphatic heterocycles. The molecule has 0 atom stereocenters. The maximum Gasteiger partial charge on any atom is 0.0541 e. The maximum absolute atomic E-state index is 9.69. The standard InChI is InChI=1S/C14H20BrNO/c1-16-10-14(8-6-11(17)7-9-14)12-4-2-3-5-13(12)15/h2-5,11,16-17H,6-10H2,1H3. The number of aliphatic hydroxyl groups excluding tert-OH is 1. The van der Waals surface area contributed by atoms with Gasteiger partial charge < -0.3 is 10.4 Å². The van der Waals surface area contributed by atoms with Crippen LogP contribution in [0, 0.1) is 0 Å². The van der Waals surface area contributed by atoms with Crippen molar-refractivity contribution in [3.05, 3.63) is 34.3 Å². The fraction of sp³-hybridized carbons (Fsp3) is 0.571. The Hall–Kier alpha value is -0.380. The van der Waals surface area contributed by atoms with Crippen LogP contribution in [0.5, 0.6) is 0 Å². The lowest BCUT2D eigenvalue weighted by Crippen LogP contribution is -2.41. The third kappa shape index (κ3) is 2.72. The highest BCUT2D eigenvalue weighted by atomic mass is 79.9. The molecule has 1 aliphatic carbocycles. The third-order valence-electron chi connectivity index (χ3n) is 3.87. The quantitative estimate of drug-likeness (QED) is 0.899. The Morgan fingerprint density at radius 1 is 1.35 bits per heavy atom. The van der Waals surface area contributed by atoms with Crippen molar-refractivity contribution in [1.82, 2.24) is 5.32 Å². The van der Waals surface area contributed by atoms with Crippen LogP contribution in [0.4, 0.5) is 0 Å². The van der Waals surface area contributed by atoms with Crippen LogP contribution in [-0.2, 0) is 5.41 Å². The smallest absolute Gasteiger partial charge is 0.0541 e. The first kappa shape index (κ1) is 13.1. The Balaban J connectivity index is 2.31. The minimum absolute atomic E-state index is 0.109. The Morgan fingerprint density at radius 2 is 2.00 bits per heavy atom. The highest BCUT2D eigenvalue weighted by Gasteiger charge is 2.36. The van der Waals surface area contributed by atoms with E-state index in [1.807, 2.05) is 7.05 Å². The molecule has 0 amide bonds. The summed E-state index contributed by atoms with van der Waals surface area (Å²) in [5, 5.41) is 13.0. The van der Waals surface area contributed by atoms with Crippen LogP contribution in [-0.4, -0.2) is 24.8 Å². The molecular formula is C14H20BrNO. The Kier molecular flexibility index (Phi) is 4.23. The summed E-state index contributed by atoms with van der Waals surface area (Å²) in [4.78, 5) is 0. The summed E-state index contributed by atoms with van der Waals surface area (Å²) in [5.74, 6) is 0. The molecular weight excluding hydrogens is 278 g/mol. The van der Waals surface area contributed by atoms with E-state index in [-0.39, 0.29) is 11.5 Å². The molecule has 2 nitrogen and oxygen atoms in total. The summed E-state index contributed by atoms with van der Waals surface area (Å²) < 4.78 is 1.19. The molecule has 2 N–H and O–H groups in total. The number of aliphatic hydroxyl groups is 1. The number of halogens is 1. The van der Waals surface area contributed by atoms with Crippen molar-refractivity contribution < 1.29 is 5.11 Å². The van der Waals surface area contributed by atoms with Crippen molar-refractivity contribution in [2.45, 2.75) is 37.2 Å². The zero-order valence-electron chi connectivity index (χ0n) is 10.2. The van der Waals surface area contributed by atoms with Gasteiger partial charge in [0.25, 0.3) is 0 Å². The van der Waals surface area contributed by atoms with Crippen molar-refractivity contribution >= 4 is 15.9 Å². The average molecular weight is 298 g/mol. The van der Waals surface area contributed by atoms with Gasteiger partial charge in [-0.3, -0.25) is 0 Å². The van der Waals surface area contributed by atoms with Gasteiger partial charge >= 0.3 is 0 Å². The number of likely N-dealkylation sites (N-methyl/N-ethyl adjacent to an activating group) is 1. The number of nitrogens with one attached hydrogen (secondary N) is 1. The van der Waals surface area contributed by atoms with Crippen molar-refractivity contribution in [2.75, 3.05) is 13.6 Å². The summed E-state index contributed by atoms with van der Waals surface area (Å²) in [5.41, 5.74) is 1.55. The van der Waals surface area contributed by atoms with Crippen LogP contribution in [0.1, 0.15) is 31.2 Å². The van der Waals surface area contributed by atoms with Crippen molar-refractivity contribution in [3.8, 4) is 0 Å². The van der Waals surface area contributed by atoms with Gasteiger partial charge in [-0.25, -0.2) is 0 Å². The van der Waals surface area contributed by atoms with Crippen molar-refractivity contribution in [1.29, 1.82) is 0 Å². The highest BCUT2D eigenvalue weighted by molar-refractivity contribution is 9.10. The molecule has 2 rings (SSSR count). The molecule has 3 heteroatoms. The molecule has 0 aromatic heterocycles. The second-order valence-electron chi connectivity index (χ2n) is 5.02. The van der Waals surface area contributed by atoms with E-state index in [9.17, 15) is 5.11 Å². The Labute approximate surface area is 112 Å². The van der Waals surface area contributed by atoms with Gasteiger partial charge in [0.1, 0.15) is 0 Å². The third-order valence-corrected chi connectivity index (χ3v) is 4.56. The van der Waals surface area contributed by atoms with Crippen LogP contribution in [0.15, 0.2) is 28.7 Å². The molecule has 1 aromatic carbocycles. The topological polar surface area (TPSA) is 32.3 Å². The summed E-state index contributed by atoms with van der Waals surface area (Å²) >= 11 is 3.66. The molecule has 0 heterocycles. The predicted molar refractivity (Wildman–Crippen MR) is 74.2 cm³/mol. The van der Waals surface area contributed by atoms with Crippen LogP contribution < -0.4 is 5.32 Å². The van der Waals surface area contributed by atoms with Gasteiger partial charge in [0.05, 0.1) is 6.10 Å². The number of hydrogen-bond acceptors (Lipinski definition) is 2. The minimum Gasteiger partial charge on any atom is -0.393 e. The van der Waals surface area contributed by atoms with Crippen LogP contribution >= 0.6 is 15.9 Å². The molecule has 0 bridgehead atoms. The van der Waals surface area contributed by atoms with Crippen LogP contribution in [0.2, 0.25) is 0 Å². The molecule has 0 unspecified atom stereocenters. The van der Waals surface area contributed by atoms with Gasteiger partial charge in [-0.2, -0.15) is 0 Å². The first-order valence-electron chi connectivity index (χ1n) is 6.26. The first-order valence-corrected chi connectivity index (χ1v) is 7.05. The summed E-state index contributed by atoms with van der Waals surface area (Å²) in [6.45, 7) is 0.975. The zero-order valence-corrected chi connectivity index (χ0v) is 11.8. The van der Waals surface area contributed by atoms with E-state index in [2.05, 4.69) is 45.5 Å². The van der Waals surface area contributed by atoms with E-state index in [1.54, 1.807) is 0 Å². The summed E-state index contributed by atoms with van der Waals surface area (Å²) in [6, 6.07) is 8.47. The molecule has 17 heavy (non-hydrogen) atoms. The van der Waals surface area contributed by atoms with Gasteiger partial charge in [-0.05, 0) is 44.4 Å². The molecule has 1 aromatic rings. The van der Waals surface area contributed by atoms with Gasteiger partial charge in [0.2, 0.25) is 0 Å². The van der Waals surface area contributed by atoms with E-state index in [4.69, 9.17) is 0 Å². The van der Waals surface area contributed by atoms with Gasteiger partial charge in [0.15, 0.2) is 0 Å². The first-order chi connectivity index (χ1) is 8.18. The molecule has 1 fully saturated rings. The Bertz CT molecular complexity index is 372. The average Bonchev–Trinajstić information content (AvgIpc) is 2.33. The fourth-order valence-corrected chi connectivity index (χ4v) is 3.63. The molecule has 0 spiro atoms. The van der Waals surface area contributed by atoms with Gasteiger partial charge in [-0.15, -0.1) is 0 Å². The normalized spacial score (nSPS) is 29.2. The highest BCUT2D eigenvalue weighted by Crippen LogP contribution is 2.41. The Morgan fingerprint density at radius 3 is 2.59 bits per heavy atom. The molecule has 0 saturated heterocycles. The minimum atomic E-state index is -0.109. The van der Waals surface area contributed by atoms with Crippen LogP contribution in [0.3, 0.4) is 0 Å². The molecule has 1 saturated carbocycles. The van der Waals surface area contributed by atoms with Gasteiger partial charge in [-0.1, -0.05) is 34.1 Å². The fourth-order valence-electron chi connectivity index (χ4n) is 2.93. The lowest BCUT2D eigenvalue weighted by molar-refractivity contribution is 0.0950. The monoisotopic (exact) mass is 297 g/mol. The largest absolute Gasteiger partial charge is 0.393 e. The van der Waals surface area contributed by atoms with E-state index >= 15 is 0 Å². The molecule has 94 valence electrons. The van der Waals surface area contributed by atoms with Crippen molar-refractivity contribution in [3.63, 3.8) is 0 Å². The van der Waals surface area contributed by atoms with E-state index in [0.29, 0.717) is 0 Å². The predicted octanol–water partition coefficient (Wildman–Crippen LogP) is 2.84. The number of rotatable bonds is 3. The van der Waals surface area contributed by atoms with Crippen molar-refractivity contribution in [2.24, 2.45) is 0 Å². The van der Waals surface area contributed by atoms with Crippen LogP contribution in [0.25, 0.3) is 0 Å². The van der Waals surface area contributed by atoms with E-state index < -0.39 is 0 Å². The van der Waals surface area contributed by atoms with E-state index in [1.165, 1.54) is 10.0 Å². The van der Waals surface area contributed by atoms with Gasteiger partial charge in [0, 0.05) is 16.4 Å². The number of benzene rings is 1. The second kappa shape index (κ2) is 5.51. The molecule has 0 radical (unpaired) electrons. The number of hydrogen-bond donors (Lipinski definition) is 2. The molecule has 1 aliphatic rings.